The van der Waals surface area contributed by atoms with Crippen LogP contribution in [0.25, 0.3) is 0 Å². The molecule has 112 valence electrons. The van der Waals surface area contributed by atoms with Crippen molar-refractivity contribution in [2.75, 3.05) is 6.54 Å². The molecule has 0 bridgehead atoms. The summed E-state index contributed by atoms with van der Waals surface area (Å²) in [4.78, 5) is 35.8. The van der Waals surface area contributed by atoms with Crippen LogP contribution in [0.3, 0.4) is 0 Å². The highest BCUT2D eigenvalue weighted by Crippen LogP contribution is 2.28. The molecular formula is C14H15BrN2O4. The van der Waals surface area contributed by atoms with E-state index >= 15 is 0 Å². The fourth-order valence-corrected chi connectivity index (χ4v) is 2.91. The van der Waals surface area contributed by atoms with Crippen molar-refractivity contribution >= 4 is 33.4 Å². The monoisotopic (exact) mass is 354 g/mol. The third kappa shape index (κ3) is 3.29. The van der Waals surface area contributed by atoms with Crippen LogP contribution < -0.4 is 0 Å². The zero-order chi connectivity index (χ0) is 15.6. The highest BCUT2D eigenvalue weighted by molar-refractivity contribution is 9.10. The summed E-state index contributed by atoms with van der Waals surface area (Å²) in [7, 11) is 0. The Balaban J connectivity index is 2.23. The molecule has 1 aliphatic heterocycles. The molecule has 1 fully saturated rings. The minimum atomic E-state index is -0.563. The van der Waals surface area contributed by atoms with Crippen LogP contribution in [0.5, 0.6) is 0 Å². The number of nitrogens with zero attached hydrogens (tertiary/aromatic N) is 2. The average molecular weight is 355 g/mol. The van der Waals surface area contributed by atoms with Gasteiger partial charge in [-0.25, -0.2) is 0 Å². The minimum Gasteiger partial charge on any atom is -0.278 e. The first kappa shape index (κ1) is 15.6. The van der Waals surface area contributed by atoms with Crippen LogP contribution in [-0.4, -0.2) is 28.2 Å². The lowest BCUT2D eigenvalue weighted by molar-refractivity contribution is -0.385. The quantitative estimate of drug-likeness (QED) is 0.472. The standard InChI is InChI=1S/C14H15BrN2O4/c1-2-3-9-6-13(18)16(8-9)14(19)10-4-5-11(15)12(7-10)17(20)21/h4-5,7,9H,2-3,6,8H2,1H3. The highest BCUT2D eigenvalue weighted by Gasteiger charge is 2.34. The number of nitro groups is 1. The normalized spacial score (nSPS) is 18.1. The first-order valence-electron chi connectivity index (χ1n) is 6.72. The summed E-state index contributed by atoms with van der Waals surface area (Å²) in [6, 6.07) is 4.14. The lowest BCUT2D eigenvalue weighted by atomic mass is 10.0. The summed E-state index contributed by atoms with van der Waals surface area (Å²) in [5.41, 5.74) is -0.0204. The average Bonchev–Trinajstić information content (AvgIpc) is 2.79. The van der Waals surface area contributed by atoms with Gasteiger partial charge in [-0.05, 0) is 40.4 Å². The number of hydrogen-bond donors (Lipinski definition) is 0. The molecule has 0 aromatic heterocycles. The third-order valence-corrected chi connectivity index (χ3v) is 4.21. The molecule has 21 heavy (non-hydrogen) atoms. The van der Waals surface area contributed by atoms with Gasteiger partial charge in [0.15, 0.2) is 0 Å². The maximum absolute atomic E-state index is 12.4. The molecule has 2 rings (SSSR count). The highest BCUT2D eigenvalue weighted by atomic mass is 79.9. The van der Waals surface area contributed by atoms with Crippen LogP contribution in [0.1, 0.15) is 36.5 Å². The molecule has 1 aliphatic rings. The molecule has 0 spiro atoms. The number of carbonyl (C=O) groups is 2. The predicted molar refractivity (Wildman–Crippen MR) is 79.9 cm³/mol. The van der Waals surface area contributed by atoms with Crippen molar-refractivity contribution in [2.45, 2.75) is 26.2 Å². The van der Waals surface area contributed by atoms with Gasteiger partial charge in [0.25, 0.3) is 11.6 Å². The molecule has 1 atom stereocenters. The molecule has 0 aliphatic carbocycles. The number of nitro benzene ring substituents is 1. The largest absolute Gasteiger partial charge is 0.284 e. The van der Waals surface area contributed by atoms with Crippen molar-refractivity contribution in [3.8, 4) is 0 Å². The van der Waals surface area contributed by atoms with Gasteiger partial charge in [0.05, 0.1) is 9.40 Å². The molecule has 2 amide bonds. The summed E-state index contributed by atoms with van der Waals surface area (Å²) in [6.07, 6.45) is 2.23. The minimum absolute atomic E-state index is 0.162. The van der Waals surface area contributed by atoms with Gasteiger partial charge in [-0.3, -0.25) is 24.6 Å². The van der Waals surface area contributed by atoms with Gasteiger partial charge in [0, 0.05) is 24.6 Å². The van der Waals surface area contributed by atoms with Crippen molar-refractivity contribution in [1.82, 2.24) is 4.90 Å². The second-order valence-electron chi connectivity index (χ2n) is 5.09. The van der Waals surface area contributed by atoms with E-state index < -0.39 is 10.8 Å². The zero-order valence-electron chi connectivity index (χ0n) is 11.5. The summed E-state index contributed by atoms with van der Waals surface area (Å²) in [5, 5.41) is 10.9. The Morgan fingerprint density at radius 2 is 2.24 bits per heavy atom. The molecule has 0 saturated carbocycles. The molecule has 1 saturated heterocycles. The molecule has 7 heteroatoms. The molecule has 0 N–H and O–H groups in total. The first-order valence-corrected chi connectivity index (χ1v) is 7.52. The van der Waals surface area contributed by atoms with Crippen molar-refractivity contribution in [1.29, 1.82) is 0 Å². The van der Waals surface area contributed by atoms with E-state index in [1.807, 2.05) is 6.92 Å². The van der Waals surface area contributed by atoms with Crippen LogP contribution in [0.4, 0.5) is 5.69 Å². The van der Waals surface area contributed by atoms with Crippen LogP contribution in [0.15, 0.2) is 22.7 Å². The van der Waals surface area contributed by atoms with Crippen LogP contribution in [-0.2, 0) is 4.79 Å². The summed E-state index contributed by atoms with van der Waals surface area (Å²) in [5.74, 6) is -0.477. The second-order valence-corrected chi connectivity index (χ2v) is 5.95. The van der Waals surface area contributed by atoms with E-state index in [9.17, 15) is 19.7 Å². The summed E-state index contributed by atoms with van der Waals surface area (Å²) in [6.45, 7) is 2.43. The van der Waals surface area contributed by atoms with Crippen LogP contribution >= 0.6 is 15.9 Å². The molecule has 1 aromatic rings. The lowest BCUT2D eigenvalue weighted by Crippen LogP contribution is -2.32. The maximum atomic E-state index is 12.4. The Hall–Kier alpha value is -1.76. The van der Waals surface area contributed by atoms with E-state index in [1.165, 1.54) is 23.1 Å². The van der Waals surface area contributed by atoms with E-state index in [0.29, 0.717) is 17.4 Å². The van der Waals surface area contributed by atoms with Gasteiger partial charge < -0.3 is 0 Å². The van der Waals surface area contributed by atoms with Gasteiger partial charge in [0.1, 0.15) is 0 Å². The second kappa shape index (κ2) is 6.34. The van der Waals surface area contributed by atoms with Crippen molar-refractivity contribution in [3.05, 3.63) is 38.3 Å². The van der Waals surface area contributed by atoms with Gasteiger partial charge in [-0.2, -0.15) is 0 Å². The Labute approximate surface area is 130 Å². The van der Waals surface area contributed by atoms with Crippen molar-refractivity contribution in [2.24, 2.45) is 5.92 Å². The Bertz CT molecular complexity index is 603. The van der Waals surface area contributed by atoms with Crippen molar-refractivity contribution in [3.63, 3.8) is 0 Å². The number of carbonyl (C=O) groups excluding carboxylic acids is 2. The Morgan fingerprint density at radius 3 is 2.86 bits per heavy atom. The Morgan fingerprint density at radius 1 is 1.52 bits per heavy atom. The number of imide groups is 1. The fourth-order valence-electron chi connectivity index (χ4n) is 2.52. The number of hydrogen-bond acceptors (Lipinski definition) is 4. The number of benzene rings is 1. The van der Waals surface area contributed by atoms with Gasteiger partial charge >= 0.3 is 0 Å². The number of likely N-dealkylation sites (tertiary alicyclic amines) is 1. The number of amides is 2. The van der Waals surface area contributed by atoms with E-state index in [4.69, 9.17) is 0 Å². The van der Waals surface area contributed by atoms with Gasteiger partial charge in [0.2, 0.25) is 5.91 Å². The molecule has 6 nitrogen and oxygen atoms in total. The summed E-state index contributed by atoms with van der Waals surface area (Å²) < 4.78 is 0.306. The topological polar surface area (TPSA) is 80.5 Å². The smallest absolute Gasteiger partial charge is 0.278 e. The first-order chi connectivity index (χ1) is 9.93. The molecule has 1 heterocycles. The molecule has 1 aromatic carbocycles. The fraction of sp³-hybridized carbons (Fsp3) is 0.429. The van der Waals surface area contributed by atoms with Crippen LogP contribution in [0, 0.1) is 16.0 Å². The number of rotatable bonds is 4. The van der Waals surface area contributed by atoms with Crippen LogP contribution in [0.2, 0.25) is 0 Å². The number of halogens is 1. The SMILES string of the molecule is CCCC1CC(=O)N(C(=O)c2ccc(Br)c([N+](=O)[O-])c2)C1. The van der Waals surface area contributed by atoms with E-state index in [1.54, 1.807) is 0 Å². The molecular weight excluding hydrogens is 340 g/mol. The lowest BCUT2D eigenvalue weighted by Gasteiger charge is -2.14. The van der Waals surface area contributed by atoms with E-state index in [0.717, 1.165) is 12.8 Å². The zero-order valence-corrected chi connectivity index (χ0v) is 13.1. The predicted octanol–water partition coefficient (Wildman–Crippen LogP) is 3.15. The molecule has 1 unspecified atom stereocenters. The molecule has 0 radical (unpaired) electrons. The Kier molecular flexibility index (Phi) is 4.72. The third-order valence-electron chi connectivity index (χ3n) is 3.54. The van der Waals surface area contributed by atoms with Crippen molar-refractivity contribution < 1.29 is 14.5 Å². The van der Waals surface area contributed by atoms with E-state index in [-0.39, 0.29) is 23.1 Å². The maximum Gasteiger partial charge on any atom is 0.284 e. The summed E-state index contributed by atoms with van der Waals surface area (Å²) >= 11 is 3.07. The van der Waals surface area contributed by atoms with E-state index in [2.05, 4.69) is 15.9 Å². The van der Waals surface area contributed by atoms with Gasteiger partial charge in [-0.15, -0.1) is 0 Å². The van der Waals surface area contributed by atoms with Gasteiger partial charge in [-0.1, -0.05) is 13.3 Å².